The summed E-state index contributed by atoms with van der Waals surface area (Å²) in [7, 11) is 0. The van der Waals surface area contributed by atoms with Crippen molar-refractivity contribution in [3.63, 3.8) is 0 Å². The molecule has 0 spiro atoms. The molecule has 0 fully saturated rings. The minimum atomic E-state index is -0.825. The molecule has 33 heavy (non-hydrogen) atoms. The van der Waals surface area contributed by atoms with E-state index in [1.165, 1.54) is 11.8 Å². The van der Waals surface area contributed by atoms with E-state index in [2.05, 4.69) is 20.8 Å². The summed E-state index contributed by atoms with van der Waals surface area (Å²) in [4.78, 5) is 24.9. The second kappa shape index (κ2) is 10.5. The lowest BCUT2D eigenvalue weighted by molar-refractivity contribution is -0.152. The lowest BCUT2D eigenvalue weighted by Gasteiger charge is -2.19. The van der Waals surface area contributed by atoms with Gasteiger partial charge in [-0.25, -0.2) is 4.79 Å². The third-order valence-corrected chi connectivity index (χ3v) is 4.98. The fraction of sp³-hybridized carbons (Fsp3) is 0.385. The SMILES string of the molecule is CCOCCOC(=O)[C@@H](C)Oc1ccc2c(=O)c(Oc3ccc(C(C)(C)C)cc3)coc2c1. The van der Waals surface area contributed by atoms with Crippen LogP contribution in [0, 0.1) is 0 Å². The van der Waals surface area contributed by atoms with Crippen LogP contribution in [-0.4, -0.2) is 31.9 Å². The van der Waals surface area contributed by atoms with Gasteiger partial charge in [-0.2, -0.15) is 0 Å². The minimum absolute atomic E-state index is 0.0258. The minimum Gasteiger partial charge on any atom is -0.479 e. The summed E-state index contributed by atoms with van der Waals surface area (Å²) in [5.74, 6) is 0.515. The topological polar surface area (TPSA) is 84.2 Å². The summed E-state index contributed by atoms with van der Waals surface area (Å²) in [5, 5.41) is 0.345. The molecule has 176 valence electrons. The van der Waals surface area contributed by atoms with Gasteiger partial charge in [0.2, 0.25) is 11.2 Å². The third kappa shape index (κ3) is 6.35. The van der Waals surface area contributed by atoms with Crippen molar-refractivity contribution in [2.45, 2.75) is 46.1 Å². The molecular formula is C26H30O7. The Hall–Kier alpha value is -3.32. The molecule has 0 aliphatic carbocycles. The molecule has 0 saturated heterocycles. The van der Waals surface area contributed by atoms with Crippen LogP contribution < -0.4 is 14.9 Å². The van der Waals surface area contributed by atoms with Gasteiger partial charge < -0.3 is 23.4 Å². The first kappa shape index (κ1) is 24.3. The van der Waals surface area contributed by atoms with Crippen molar-refractivity contribution in [1.29, 1.82) is 0 Å². The van der Waals surface area contributed by atoms with Gasteiger partial charge in [0.25, 0.3) is 0 Å². The van der Waals surface area contributed by atoms with Gasteiger partial charge >= 0.3 is 5.97 Å². The largest absolute Gasteiger partial charge is 0.479 e. The van der Waals surface area contributed by atoms with Crippen LogP contribution in [0.5, 0.6) is 17.2 Å². The Kier molecular flexibility index (Phi) is 7.76. The second-order valence-electron chi connectivity index (χ2n) is 8.59. The Morgan fingerprint density at radius 3 is 2.39 bits per heavy atom. The summed E-state index contributed by atoms with van der Waals surface area (Å²) in [5.41, 5.74) is 1.22. The summed E-state index contributed by atoms with van der Waals surface area (Å²) in [6, 6.07) is 12.4. The zero-order chi connectivity index (χ0) is 24.0. The van der Waals surface area contributed by atoms with E-state index in [-0.39, 0.29) is 23.2 Å². The maximum atomic E-state index is 12.9. The average Bonchev–Trinajstić information content (AvgIpc) is 2.78. The molecule has 0 aliphatic heterocycles. The van der Waals surface area contributed by atoms with Crippen molar-refractivity contribution in [2.75, 3.05) is 19.8 Å². The molecule has 7 nitrogen and oxygen atoms in total. The van der Waals surface area contributed by atoms with E-state index in [1.54, 1.807) is 25.1 Å². The molecule has 2 aromatic carbocycles. The zero-order valence-corrected chi connectivity index (χ0v) is 19.7. The van der Waals surface area contributed by atoms with E-state index >= 15 is 0 Å². The highest BCUT2D eigenvalue weighted by atomic mass is 16.6. The van der Waals surface area contributed by atoms with E-state index in [0.717, 1.165) is 0 Å². The molecule has 0 aliphatic rings. The maximum absolute atomic E-state index is 12.9. The number of hydrogen-bond acceptors (Lipinski definition) is 7. The molecule has 0 radical (unpaired) electrons. The molecule has 3 rings (SSSR count). The summed E-state index contributed by atoms with van der Waals surface area (Å²) in [6.45, 7) is 10.9. The van der Waals surface area contributed by atoms with Crippen molar-refractivity contribution in [1.82, 2.24) is 0 Å². The Morgan fingerprint density at radius 2 is 1.73 bits per heavy atom. The smallest absolute Gasteiger partial charge is 0.347 e. The fourth-order valence-corrected chi connectivity index (χ4v) is 3.10. The first-order valence-electron chi connectivity index (χ1n) is 10.9. The van der Waals surface area contributed by atoms with Gasteiger partial charge in [0, 0.05) is 12.7 Å². The van der Waals surface area contributed by atoms with Crippen LogP contribution in [0.1, 0.15) is 40.2 Å². The standard InChI is InChI=1S/C26H30O7/c1-6-29-13-14-30-25(28)17(2)32-20-11-12-21-22(15-20)31-16-23(24(21)27)33-19-9-7-18(8-10-19)26(3,4)5/h7-12,15-17H,6,13-14H2,1-5H3/t17-/m1/s1. The van der Waals surface area contributed by atoms with Gasteiger partial charge in [0.1, 0.15) is 30.0 Å². The number of fused-ring (bicyclic) bond motifs is 1. The van der Waals surface area contributed by atoms with Gasteiger partial charge in [-0.05, 0) is 49.1 Å². The van der Waals surface area contributed by atoms with Crippen LogP contribution in [-0.2, 0) is 19.7 Å². The zero-order valence-electron chi connectivity index (χ0n) is 19.7. The predicted octanol–water partition coefficient (Wildman–Crippen LogP) is 5.23. The van der Waals surface area contributed by atoms with Gasteiger partial charge in [-0.15, -0.1) is 0 Å². The van der Waals surface area contributed by atoms with E-state index in [4.69, 9.17) is 23.4 Å². The summed E-state index contributed by atoms with van der Waals surface area (Å²) < 4.78 is 27.2. The molecule has 0 bridgehead atoms. The van der Waals surface area contributed by atoms with Gasteiger partial charge in [0.05, 0.1) is 12.0 Å². The number of benzene rings is 2. The highest BCUT2D eigenvalue weighted by molar-refractivity contribution is 5.79. The van der Waals surface area contributed by atoms with E-state index in [1.807, 2.05) is 31.2 Å². The average molecular weight is 455 g/mol. The number of carbonyl (C=O) groups excluding carboxylic acids is 1. The molecule has 0 unspecified atom stereocenters. The Morgan fingerprint density at radius 1 is 1.03 bits per heavy atom. The molecule has 1 heterocycles. The van der Waals surface area contributed by atoms with Crippen molar-refractivity contribution >= 4 is 16.9 Å². The number of ether oxygens (including phenoxy) is 4. The highest BCUT2D eigenvalue weighted by Gasteiger charge is 2.18. The molecule has 7 heteroatoms. The highest BCUT2D eigenvalue weighted by Crippen LogP contribution is 2.27. The van der Waals surface area contributed by atoms with Crippen molar-refractivity contribution in [3.05, 3.63) is 64.5 Å². The normalized spacial score (nSPS) is 12.4. The molecule has 1 atom stereocenters. The van der Waals surface area contributed by atoms with Crippen molar-refractivity contribution in [3.8, 4) is 17.2 Å². The quantitative estimate of drug-likeness (QED) is 0.323. The lowest BCUT2D eigenvalue weighted by Crippen LogP contribution is -2.27. The summed E-state index contributed by atoms with van der Waals surface area (Å²) >= 11 is 0. The van der Waals surface area contributed by atoms with Gasteiger partial charge in [0.15, 0.2) is 6.10 Å². The Labute approximate surface area is 193 Å². The van der Waals surface area contributed by atoms with Crippen LogP contribution in [0.4, 0.5) is 0 Å². The monoisotopic (exact) mass is 454 g/mol. The number of carbonyl (C=O) groups is 1. The van der Waals surface area contributed by atoms with Crippen molar-refractivity contribution in [2.24, 2.45) is 0 Å². The number of esters is 1. The van der Waals surface area contributed by atoms with E-state index in [0.29, 0.717) is 35.7 Å². The number of hydrogen-bond donors (Lipinski definition) is 0. The van der Waals surface area contributed by atoms with Crippen LogP contribution in [0.2, 0.25) is 0 Å². The van der Waals surface area contributed by atoms with Crippen LogP contribution >= 0.6 is 0 Å². The van der Waals surface area contributed by atoms with E-state index in [9.17, 15) is 9.59 Å². The van der Waals surface area contributed by atoms with Gasteiger partial charge in [-0.1, -0.05) is 32.9 Å². The van der Waals surface area contributed by atoms with Crippen molar-refractivity contribution < 1.29 is 28.2 Å². The predicted molar refractivity (Wildman–Crippen MR) is 125 cm³/mol. The Balaban J connectivity index is 1.70. The molecule has 1 aromatic heterocycles. The first-order chi connectivity index (χ1) is 15.7. The molecule has 0 N–H and O–H groups in total. The fourth-order valence-electron chi connectivity index (χ4n) is 3.10. The lowest BCUT2D eigenvalue weighted by atomic mass is 9.87. The Bertz CT molecular complexity index is 1140. The summed E-state index contributed by atoms with van der Waals surface area (Å²) in [6.07, 6.45) is 0.451. The molecular weight excluding hydrogens is 424 g/mol. The molecule has 0 amide bonds. The van der Waals surface area contributed by atoms with Crippen LogP contribution in [0.25, 0.3) is 11.0 Å². The molecule has 3 aromatic rings. The van der Waals surface area contributed by atoms with Crippen LogP contribution in [0.15, 0.2) is 57.9 Å². The van der Waals surface area contributed by atoms with Gasteiger partial charge in [-0.3, -0.25) is 4.79 Å². The molecule has 0 saturated carbocycles. The first-order valence-corrected chi connectivity index (χ1v) is 10.9. The maximum Gasteiger partial charge on any atom is 0.347 e. The second-order valence-corrected chi connectivity index (χ2v) is 8.59. The van der Waals surface area contributed by atoms with Crippen LogP contribution in [0.3, 0.4) is 0 Å². The number of rotatable bonds is 9. The van der Waals surface area contributed by atoms with E-state index < -0.39 is 12.1 Å². The third-order valence-electron chi connectivity index (χ3n) is 4.98.